The Bertz CT molecular complexity index is 1190. The number of anilines is 2. The Kier molecular flexibility index (Phi) is 5.49. The Morgan fingerprint density at radius 2 is 1.67 bits per heavy atom. The molecule has 4 rings (SSSR count). The highest BCUT2D eigenvalue weighted by Gasteiger charge is 2.12. The molecule has 0 fully saturated rings. The van der Waals surface area contributed by atoms with E-state index in [-0.39, 0.29) is 18.4 Å². The molecule has 8 nitrogen and oxygen atoms in total. The Morgan fingerprint density at radius 3 is 2.37 bits per heavy atom. The number of hydrogen-bond donors (Lipinski definition) is 2. The van der Waals surface area contributed by atoms with Crippen molar-refractivity contribution >= 4 is 34.4 Å². The summed E-state index contributed by atoms with van der Waals surface area (Å²) in [6, 6.07) is 18.3. The molecule has 2 amide bonds. The first-order valence-electron chi connectivity index (χ1n) is 9.23. The smallest absolute Gasteiger partial charge is 0.257 e. The van der Waals surface area contributed by atoms with Gasteiger partial charge in [-0.3, -0.25) is 14.2 Å². The third kappa shape index (κ3) is 4.18. The highest BCUT2D eigenvalue weighted by atomic mass is 16.5. The van der Waals surface area contributed by atoms with E-state index in [2.05, 4.69) is 20.6 Å². The van der Waals surface area contributed by atoms with E-state index in [1.807, 2.05) is 34.9 Å². The van der Waals surface area contributed by atoms with Crippen molar-refractivity contribution < 1.29 is 14.3 Å². The van der Waals surface area contributed by atoms with Crippen molar-refractivity contribution in [3.63, 3.8) is 0 Å². The lowest BCUT2D eigenvalue weighted by molar-refractivity contribution is -0.119. The highest BCUT2D eigenvalue weighted by Crippen LogP contribution is 2.19. The largest absolute Gasteiger partial charge is 0.375 e. The number of nitrogens with one attached hydrogen (secondary N) is 2. The number of rotatable bonds is 6. The molecule has 0 bridgehead atoms. The van der Waals surface area contributed by atoms with E-state index in [4.69, 9.17) is 4.74 Å². The number of nitrogens with zero attached hydrogens (tertiary/aromatic N) is 3. The first-order chi connectivity index (χ1) is 14.6. The van der Waals surface area contributed by atoms with Crippen LogP contribution in [0.25, 0.3) is 16.9 Å². The summed E-state index contributed by atoms with van der Waals surface area (Å²) in [7, 11) is 1.45. The van der Waals surface area contributed by atoms with E-state index in [0.29, 0.717) is 28.1 Å². The number of amides is 2. The number of fused-ring (bicyclic) bond motifs is 1. The SMILES string of the molecule is COCC(=O)Nc1ccc(NC(=O)c2cnc3c(c2)ncn3-c2ccccc2)cc1. The van der Waals surface area contributed by atoms with E-state index < -0.39 is 0 Å². The number of methoxy groups -OCH3 is 1. The van der Waals surface area contributed by atoms with E-state index in [9.17, 15) is 9.59 Å². The highest BCUT2D eigenvalue weighted by molar-refractivity contribution is 6.05. The lowest BCUT2D eigenvalue weighted by atomic mass is 10.2. The first-order valence-corrected chi connectivity index (χ1v) is 9.23. The number of carbonyl (C=O) groups is 2. The second-order valence-electron chi connectivity index (χ2n) is 6.53. The Morgan fingerprint density at radius 1 is 0.967 bits per heavy atom. The van der Waals surface area contributed by atoms with Crippen molar-refractivity contribution in [2.24, 2.45) is 0 Å². The minimum atomic E-state index is -0.296. The van der Waals surface area contributed by atoms with Gasteiger partial charge < -0.3 is 15.4 Å². The zero-order chi connectivity index (χ0) is 20.9. The summed E-state index contributed by atoms with van der Waals surface area (Å²) >= 11 is 0. The van der Waals surface area contributed by atoms with Gasteiger partial charge in [0.1, 0.15) is 18.5 Å². The van der Waals surface area contributed by atoms with Crippen LogP contribution in [-0.2, 0) is 9.53 Å². The molecule has 2 aromatic carbocycles. The molecule has 150 valence electrons. The van der Waals surface area contributed by atoms with Gasteiger partial charge in [-0.05, 0) is 42.5 Å². The van der Waals surface area contributed by atoms with Gasteiger partial charge in [0.05, 0.1) is 5.56 Å². The predicted molar refractivity (Wildman–Crippen MR) is 114 cm³/mol. The van der Waals surface area contributed by atoms with Crippen molar-refractivity contribution in [3.8, 4) is 5.69 Å². The average Bonchev–Trinajstić information content (AvgIpc) is 3.19. The summed E-state index contributed by atoms with van der Waals surface area (Å²) in [5, 5.41) is 5.51. The fraction of sp³-hybridized carbons (Fsp3) is 0.0909. The zero-order valence-corrected chi connectivity index (χ0v) is 16.2. The number of carbonyl (C=O) groups excluding carboxylic acids is 2. The Balaban J connectivity index is 1.48. The van der Waals surface area contributed by atoms with Crippen LogP contribution >= 0.6 is 0 Å². The zero-order valence-electron chi connectivity index (χ0n) is 16.2. The molecular formula is C22H19N5O3. The third-order valence-corrected chi connectivity index (χ3v) is 4.39. The van der Waals surface area contributed by atoms with Crippen LogP contribution in [0.4, 0.5) is 11.4 Å². The van der Waals surface area contributed by atoms with Crippen LogP contribution in [0.5, 0.6) is 0 Å². The van der Waals surface area contributed by atoms with Gasteiger partial charge in [-0.2, -0.15) is 0 Å². The molecule has 30 heavy (non-hydrogen) atoms. The van der Waals surface area contributed by atoms with Gasteiger partial charge in [0, 0.05) is 30.4 Å². The Hall–Kier alpha value is -4.04. The number of para-hydroxylation sites is 1. The summed E-state index contributed by atoms with van der Waals surface area (Å²) in [4.78, 5) is 32.9. The quantitative estimate of drug-likeness (QED) is 0.517. The number of ether oxygens (including phenoxy) is 1. The molecule has 0 aliphatic rings. The summed E-state index contributed by atoms with van der Waals surface area (Å²) in [5.41, 5.74) is 3.86. The maximum atomic E-state index is 12.6. The maximum Gasteiger partial charge on any atom is 0.257 e. The van der Waals surface area contributed by atoms with Crippen molar-refractivity contribution in [2.75, 3.05) is 24.4 Å². The molecule has 0 aliphatic heterocycles. The van der Waals surface area contributed by atoms with Crippen LogP contribution in [0.1, 0.15) is 10.4 Å². The standard InChI is InChI=1S/C22H19N5O3/c1-30-13-20(28)25-16-7-9-17(10-8-16)26-22(29)15-11-19-21(23-12-15)27(14-24-19)18-5-3-2-4-6-18/h2-12,14H,13H2,1H3,(H,25,28)(H,26,29). The van der Waals surface area contributed by atoms with Gasteiger partial charge in [-0.15, -0.1) is 0 Å². The molecule has 4 aromatic rings. The van der Waals surface area contributed by atoms with Gasteiger partial charge in [0.15, 0.2) is 5.65 Å². The number of hydrogen-bond acceptors (Lipinski definition) is 5. The molecule has 0 saturated heterocycles. The van der Waals surface area contributed by atoms with Gasteiger partial charge in [-0.25, -0.2) is 9.97 Å². The topological polar surface area (TPSA) is 98.1 Å². The second-order valence-corrected chi connectivity index (χ2v) is 6.53. The van der Waals surface area contributed by atoms with Crippen LogP contribution in [0.3, 0.4) is 0 Å². The average molecular weight is 401 g/mol. The third-order valence-electron chi connectivity index (χ3n) is 4.39. The Labute approximate surface area is 172 Å². The molecule has 0 atom stereocenters. The fourth-order valence-electron chi connectivity index (χ4n) is 2.97. The molecule has 0 saturated carbocycles. The number of aromatic nitrogens is 3. The fourth-order valence-corrected chi connectivity index (χ4v) is 2.97. The monoisotopic (exact) mass is 401 g/mol. The number of pyridine rings is 1. The molecular weight excluding hydrogens is 382 g/mol. The lowest BCUT2D eigenvalue weighted by Gasteiger charge is -2.08. The minimum absolute atomic E-state index is 0.0198. The molecule has 2 heterocycles. The number of imidazole rings is 1. The van der Waals surface area contributed by atoms with Crippen molar-refractivity contribution in [2.45, 2.75) is 0 Å². The van der Waals surface area contributed by atoms with Crippen LogP contribution < -0.4 is 10.6 Å². The van der Waals surface area contributed by atoms with Crippen molar-refractivity contribution in [1.29, 1.82) is 0 Å². The molecule has 0 unspecified atom stereocenters. The van der Waals surface area contributed by atoms with Crippen LogP contribution in [0.15, 0.2) is 73.2 Å². The summed E-state index contributed by atoms with van der Waals surface area (Å²) < 4.78 is 6.65. The molecule has 2 aromatic heterocycles. The van der Waals surface area contributed by atoms with E-state index in [1.54, 1.807) is 36.7 Å². The van der Waals surface area contributed by atoms with E-state index in [0.717, 1.165) is 5.69 Å². The van der Waals surface area contributed by atoms with E-state index in [1.165, 1.54) is 13.3 Å². The maximum absolute atomic E-state index is 12.6. The summed E-state index contributed by atoms with van der Waals surface area (Å²) in [6.07, 6.45) is 3.21. The minimum Gasteiger partial charge on any atom is -0.375 e. The van der Waals surface area contributed by atoms with Crippen LogP contribution in [0, 0.1) is 0 Å². The number of benzene rings is 2. The normalized spacial score (nSPS) is 10.7. The predicted octanol–water partition coefficient (Wildman–Crippen LogP) is 3.26. The van der Waals surface area contributed by atoms with Gasteiger partial charge in [-0.1, -0.05) is 18.2 Å². The van der Waals surface area contributed by atoms with Gasteiger partial charge in [0.2, 0.25) is 5.91 Å². The molecule has 0 spiro atoms. The van der Waals surface area contributed by atoms with Crippen molar-refractivity contribution in [3.05, 3.63) is 78.8 Å². The molecule has 0 radical (unpaired) electrons. The lowest BCUT2D eigenvalue weighted by Crippen LogP contribution is -2.17. The molecule has 8 heteroatoms. The summed E-state index contributed by atoms with van der Waals surface area (Å²) in [6.45, 7) is -0.0198. The van der Waals surface area contributed by atoms with Crippen molar-refractivity contribution in [1.82, 2.24) is 14.5 Å². The van der Waals surface area contributed by atoms with Gasteiger partial charge >= 0.3 is 0 Å². The molecule has 2 N–H and O–H groups in total. The van der Waals surface area contributed by atoms with Crippen LogP contribution in [-0.4, -0.2) is 40.1 Å². The summed E-state index contributed by atoms with van der Waals surface area (Å²) in [5.74, 6) is -0.543. The van der Waals surface area contributed by atoms with Crippen LogP contribution in [0.2, 0.25) is 0 Å². The van der Waals surface area contributed by atoms with Gasteiger partial charge in [0.25, 0.3) is 5.91 Å². The van der Waals surface area contributed by atoms with E-state index >= 15 is 0 Å². The second kappa shape index (κ2) is 8.54. The molecule has 0 aliphatic carbocycles. The first kappa shape index (κ1) is 19.3.